The van der Waals surface area contributed by atoms with Crippen LogP contribution in [-0.2, 0) is 49.2 Å². The van der Waals surface area contributed by atoms with E-state index < -0.39 is 29.7 Å². The van der Waals surface area contributed by atoms with Crippen molar-refractivity contribution < 1.29 is 29.1 Å². The minimum Gasteiger partial charge on any atom is -0.392 e. The van der Waals surface area contributed by atoms with Crippen molar-refractivity contribution in [2.45, 2.75) is 65.3 Å². The summed E-state index contributed by atoms with van der Waals surface area (Å²) in [6.45, 7) is 8.60. The number of aromatic nitrogens is 4. The Kier molecular flexibility index (Phi) is 10.6. The third kappa shape index (κ3) is 7.52. The van der Waals surface area contributed by atoms with Crippen molar-refractivity contribution in [3.8, 4) is 11.1 Å². The number of amides is 5. The molecular weight excluding hydrogens is 896 g/mol. The van der Waals surface area contributed by atoms with E-state index in [2.05, 4.69) is 64.7 Å². The van der Waals surface area contributed by atoms with E-state index in [1.165, 1.54) is 15.8 Å². The molecule has 17 nitrogen and oxygen atoms in total. The van der Waals surface area contributed by atoms with Crippen LogP contribution in [0.25, 0.3) is 11.1 Å². The first-order valence-corrected chi connectivity index (χ1v) is 22.5. The molecule has 65 heavy (non-hydrogen) atoms. The molecule has 2 fully saturated rings. The largest absolute Gasteiger partial charge is 0.392 e. The van der Waals surface area contributed by atoms with Gasteiger partial charge in [0.05, 0.1) is 29.6 Å². The number of hydrogen-bond donors (Lipinski definition) is 3. The summed E-state index contributed by atoms with van der Waals surface area (Å²) in [5, 5.41) is 16.2. The lowest BCUT2D eigenvalue weighted by Gasteiger charge is -2.36. The molecule has 2 saturated heterocycles. The molecule has 0 saturated carbocycles. The number of aliphatic hydroxyl groups excluding tert-OH is 1. The van der Waals surface area contributed by atoms with Crippen LogP contribution >= 0.6 is 15.9 Å². The van der Waals surface area contributed by atoms with Gasteiger partial charge in [-0.05, 0) is 99.8 Å². The summed E-state index contributed by atoms with van der Waals surface area (Å²) in [5.74, 6) is -1.43. The highest BCUT2D eigenvalue weighted by Crippen LogP contribution is 2.41. The fraction of sp³-hybridized carbons (Fsp3) is 0.362. The fourth-order valence-corrected chi connectivity index (χ4v) is 10.8. The van der Waals surface area contributed by atoms with Gasteiger partial charge in [0.2, 0.25) is 11.8 Å². The molecule has 1 aliphatic carbocycles. The SMILES string of the molecule is Cn1cc(-c2ccnc(N3CCn4c(cc5c4CC(C)(C)C5)C3=O)c2CO)cc(Nc2ccc(N3CCN(Cc4cc(Br)c5c(c4)C(=O)N(C4CCC(=O)NC4=O)C5=O)CC3)cn2)c1=O. The van der Waals surface area contributed by atoms with Crippen LogP contribution in [-0.4, -0.2) is 102 Å². The molecule has 0 spiro atoms. The quantitative estimate of drug-likeness (QED) is 0.179. The number of hydrogen-bond acceptors (Lipinski definition) is 12. The van der Waals surface area contributed by atoms with Gasteiger partial charge in [-0.1, -0.05) is 13.8 Å². The molecule has 1 atom stereocenters. The minimum absolute atomic E-state index is 0.0548. The van der Waals surface area contributed by atoms with E-state index in [9.17, 15) is 33.9 Å². The van der Waals surface area contributed by atoms with Crippen LogP contribution in [0.4, 0.5) is 23.0 Å². The van der Waals surface area contributed by atoms with Crippen molar-refractivity contribution in [2.24, 2.45) is 12.5 Å². The first kappa shape index (κ1) is 42.5. The van der Waals surface area contributed by atoms with E-state index in [4.69, 9.17) is 0 Å². The number of nitrogens with zero attached hydrogens (tertiary/aromatic N) is 8. The second kappa shape index (κ2) is 16.2. The average Bonchev–Trinajstić information content (AvgIpc) is 3.87. The average molecular weight is 944 g/mol. The van der Waals surface area contributed by atoms with Gasteiger partial charge in [0.25, 0.3) is 23.3 Å². The predicted octanol–water partition coefficient (Wildman–Crippen LogP) is 4.15. The highest BCUT2D eigenvalue weighted by Gasteiger charge is 2.46. The van der Waals surface area contributed by atoms with E-state index in [0.717, 1.165) is 42.1 Å². The summed E-state index contributed by atoms with van der Waals surface area (Å²) >= 11 is 3.50. The second-order valence-corrected chi connectivity index (χ2v) is 19.1. The van der Waals surface area contributed by atoms with Crippen LogP contribution in [0.1, 0.15) is 80.3 Å². The zero-order valence-corrected chi connectivity index (χ0v) is 37.8. The summed E-state index contributed by atoms with van der Waals surface area (Å²) in [6.07, 6.45) is 7.11. The molecular formula is C47H47BrN10O7. The number of anilines is 4. The van der Waals surface area contributed by atoms with Crippen LogP contribution in [0.5, 0.6) is 0 Å². The van der Waals surface area contributed by atoms with Gasteiger partial charge in [0.15, 0.2) is 0 Å². The lowest BCUT2D eigenvalue weighted by atomic mass is 9.90. The first-order chi connectivity index (χ1) is 31.2. The maximum Gasteiger partial charge on any atom is 0.276 e. The minimum atomic E-state index is -1.03. The molecule has 5 amide bonds. The predicted molar refractivity (Wildman–Crippen MR) is 244 cm³/mol. The summed E-state index contributed by atoms with van der Waals surface area (Å²) in [7, 11) is 1.66. The highest BCUT2D eigenvalue weighted by atomic mass is 79.9. The van der Waals surface area contributed by atoms with Gasteiger partial charge in [-0.3, -0.25) is 48.8 Å². The first-order valence-electron chi connectivity index (χ1n) is 21.8. The van der Waals surface area contributed by atoms with Gasteiger partial charge in [0, 0.05) is 93.0 Å². The number of halogens is 1. The number of imide groups is 2. The third-order valence-electron chi connectivity index (χ3n) is 13.3. The zero-order chi connectivity index (χ0) is 45.5. The zero-order valence-electron chi connectivity index (χ0n) is 36.2. The number of carbonyl (C=O) groups excluding carboxylic acids is 5. The van der Waals surface area contributed by atoms with E-state index >= 15 is 0 Å². The highest BCUT2D eigenvalue weighted by molar-refractivity contribution is 9.10. The number of aliphatic hydroxyl groups is 1. The number of nitrogens with one attached hydrogen (secondary N) is 2. The normalized spacial score (nSPS) is 19.4. The van der Waals surface area contributed by atoms with Crippen molar-refractivity contribution in [1.82, 2.24) is 34.2 Å². The van der Waals surface area contributed by atoms with Gasteiger partial charge >= 0.3 is 0 Å². The number of carbonyl (C=O) groups is 5. The Labute approximate surface area is 382 Å². The number of pyridine rings is 3. The van der Waals surface area contributed by atoms with Crippen molar-refractivity contribution in [3.05, 3.63) is 115 Å². The summed E-state index contributed by atoms with van der Waals surface area (Å²) < 4.78 is 4.11. The van der Waals surface area contributed by atoms with Crippen LogP contribution in [0.3, 0.4) is 0 Å². The lowest BCUT2D eigenvalue weighted by molar-refractivity contribution is -0.136. The number of piperidine rings is 1. The van der Waals surface area contributed by atoms with Crippen molar-refractivity contribution in [1.29, 1.82) is 0 Å². The summed E-state index contributed by atoms with van der Waals surface area (Å²) in [4.78, 5) is 94.8. The van der Waals surface area contributed by atoms with Crippen LogP contribution in [0, 0.1) is 5.41 Å². The van der Waals surface area contributed by atoms with Crippen LogP contribution in [0.15, 0.2) is 70.3 Å². The maximum atomic E-state index is 14.0. The molecule has 4 aromatic heterocycles. The number of fused-ring (bicyclic) bond motifs is 4. The van der Waals surface area contributed by atoms with E-state index in [1.54, 1.807) is 48.7 Å². The second-order valence-electron chi connectivity index (χ2n) is 18.2. The molecule has 5 aromatic rings. The Morgan fingerprint density at radius 2 is 1.69 bits per heavy atom. The Balaban J connectivity index is 0.797. The molecule has 334 valence electrons. The number of benzene rings is 1. The Bertz CT molecular complexity index is 2920. The molecule has 4 aliphatic heterocycles. The number of aryl methyl sites for hydroxylation is 1. The molecule has 3 N–H and O–H groups in total. The third-order valence-corrected chi connectivity index (χ3v) is 13.9. The summed E-state index contributed by atoms with van der Waals surface area (Å²) in [6, 6.07) is 11.8. The monoisotopic (exact) mass is 942 g/mol. The molecule has 0 radical (unpaired) electrons. The number of rotatable bonds is 9. The van der Waals surface area contributed by atoms with Crippen molar-refractivity contribution in [2.75, 3.05) is 47.8 Å². The van der Waals surface area contributed by atoms with Crippen molar-refractivity contribution in [3.63, 3.8) is 0 Å². The molecule has 10 rings (SSSR count). The number of piperazine rings is 1. The van der Waals surface area contributed by atoms with Gasteiger partial charge < -0.3 is 24.5 Å². The topological polar surface area (TPSA) is 195 Å². The lowest BCUT2D eigenvalue weighted by Crippen LogP contribution is -2.54. The Morgan fingerprint density at radius 1 is 0.892 bits per heavy atom. The molecule has 1 unspecified atom stereocenters. The maximum absolute atomic E-state index is 14.0. The summed E-state index contributed by atoms with van der Waals surface area (Å²) in [5.41, 5.74) is 7.33. The van der Waals surface area contributed by atoms with E-state index in [1.807, 2.05) is 24.3 Å². The van der Waals surface area contributed by atoms with Gasteiger partial charge in [0.1, 0.15) is 29.1 Å². The molecule has 18 heteroatoms. The molecule has 5 aliphatic rings. The Morgan fingerprint density at radius 3 is 2.43 bits per heavy atom. The standard InChI is InChI=1S/C47H47BrN10O7/c1-47(2)20-27-19-36-45(64)57(15-14-56(36)37(27)21-47)41-32(25-59)30(8-9-49-41)28-18-34(44(63)53(3)24-28)51-38-6-4-29(22-50-38)55-12-10-54(11-13-55)23-26-16-31-40(33(48)17-26)46(65)58(43(31)62)35-5-7-39(60)52-42(35)61/h4,6,8-9,16-19,22,24,35,59H,5,7,10-15,20-21,23,25H2,1-3H3,(H,50,51)(H,52,60,61). The van der Waals surface area contributed by atoms with E-state index in [-0.39, 0.29) is 47.5 Å². The molecule has 1 aromatic carbocycles. The van der Waals surface area contributed by atoms with Crippen LogP contribution < -0.4 is 26.0 Å². The van der Waals surface area contributed by atoms with Gasteiger partial charge in [-0.15, -0.1) is 0 Å². The Hall–Kier alpha value is -6.50. The van der Waals surface area contributed by atoms with Gasteiger partial charge in [-0.25, -0.2) is 9.97 Å². The van der Waals surface area contributed by atoms with Gasteiger partial charge in [-0.2, -0.15) is 0 Å². The fourth-order valence-electron chi connectivity index (χ4n) is 10.1. The molecule has 8 heterocycles. The van der Waals surface area contributed by atoms with Crippen LogP contribution in [0.2, 0.25) is 0 Å². The van der Waals surface area contributed by atoms with E-state index in [0.29, 0.717) is 76.9 Å². The molecule has 0 bridgehead atoms. The van der Waals surface area contributed by atoms with Crippen molar-refractivity contribution >= 4 is 68.5 Å². The smallest absolute Gasteiger partial charge is 0.276 e.